The van der Waals surface area contributed by atoms with Crippen LogP contribution in [0.2, 0.25) is 0 Å². The molecule has 1 unspecified atom stereocenters. The zero-order valence-corrected chi connectivity index (χ0v) is 8.01. The number of hydrogen-bond donors (Lipinski definition) is 2. The van der Waals surface area contributed by atoms with Crippen molar-refractivity contribution in [3.8, 4) is 0 Å². The molecule has 1 aliphatic rings. The number of nitrogens with zero attached hydrogens (tertiary/aromatic N) is 1. The van der Waals surface area contributed by atoms with Gasteiger partial charge in [-0.15, -0.1) is 12.6 Å². The third-order valence-electron chi connectivity index (χ3n) is 1.27. The molecule has 1 aliphatic heterocycles. The van der Waals surface area contributed by atoms with Crippen LogP contribution < -0.4 is 5.32 Å². The number of thiocarbonyl (C=S) groups is 2. The maximum absolute atomic E-state index is 10.4. The van der Waals surface area contributed by atoms with Gasteiger partial charge in [-0.05, 0) is 0 Å². The summed E-state index contributed by atoms with van der Waals surface area (Å²) in [6.07, 6.45) is 1.11. The predicted octanol–water partition coefficient (Wildman–Crippen LogP) is 0.306. The Kier molecular flexibility index (Phi) is 2.80. The summed E-state index contributed by atoms with van der Waals surface area (Å²) in [5, 5.41) is 2.81. The second-order valence-corrected chi connectivity index (χ2v) is 3.48. The third kappa shape index (κ3) is 1.88. The highest BCUT2D eigenvalue weighted by atomic mass is 32.1. The fourth-order valence-electron chi connectivity index (χ4n) is 0.746. The van der Waals surface area contributed by atoms with E-state index in [9.17, 15) is 4.79 Å². The first kappa shape index (κ1) is 8.89. The van der Waals surface area contributed by atoms with Gasteiger partial charge >= 0.3 is 0 Å². The van der Waals surface area contributed by atoms with Gasteiger partial charge < -0.3 is 5.32 Å². The van der Waals surface area contributed by atoms with Crippen molar-refractivity contribution < 1.29 is 4.79 Å². The molecule has 0 saturated carbocycles. The van der Waals surface area contributed by atoms with E-state index in [0.717, 1.165) is 0 Å². The minimum atomic E-state index is -0.402. The lowest BCUT2D eigenvalue weighted by atomic mass is 10.3. The molecular weight excluding hydrogens is 200 g/mol. The molecule has 0 aliphatic carbocycles. The Labute approximate surface area is 80.5 Å². The SMILES string of the molecule is O=CN1C(=S)CC(=S)NC1S. The summed E-state index contributed by atoms with van der Waals surface area (Å²) < 4.78 is 0. The van der Waals surface area contributed by atoms with Crippen molar-refractivity contribution in [3.63, 3.8) is 0 Å². The normalized spacial score (nSPS) is 24.8. The molecule has 1 rings (SSSR count). The summed E-state index contributed by atoms with van der Waals surface area (Å²) in [6, 6.07) is 0. The van der Waals surface area contributed by atoms with E-state index in [1.54, 1.807) is 0 Å². The second-order valence-electron chi connectivity index (χ2n) is 2.02. The Balaban J connectivity index is 2.74. The predicted molar refractivity (Wildman–Crippen MR) is 53.6 cm³/mol. The molecule has 0 aromatic rings. The number of rotatable bonds is 1. The van der Waals surface area contributed by atoms with E-state index in [2.05, 4.69) is 17.9 Å². The average molecular weight is 206 g/mol. The zero-order chi connectivity index (χ0) is 8.43. The molecule has 1 fully saturated rings. The molecule has 11 heavy (non-hydrogen) atoms. The first-order chi connectivity index (χ1) is 5.15. The molecule has 6 heteroatoms. The van der Waals surface area contributed by atoms with Gasteiger partial charge in [0.05, 0.1) is 9.98 Å². The number of thiol groups is 1. The first-order valence-corrected chi connectivity index (χ1v) is 4.22. The Bertz CT molecular complexity index is 218. The van der Waals surface area contributed by atoms with Crippen molar-refractivity contribution in [2.45, 2.75) is 11.9 Å². The summed E-state index contributed by atoms with van der Waals surface area (Å²) in [4.78, 5) is 12.9. The fourth-order valence-corrected chi connectivity index (χ4v) is 1.89. The smallest absolute Gasteiger partial charge is 0.216 e. The number of hydrogen-bond acceptors (Lipinski definition) is 4. The van der Waals surface area contributed by atoms with E-state index in [4.69, 9.17) is 24.4 Å². The molecule has 1 heterocycles. The van der Waals surface area contributed by atoms with Crippen LogP contribution in [0.4, 0.5) is 0 Å². The van der Waals surface area contributed by atoms with E-state index >= 15 is 0 Å². The highest BCUT2D eigenvalue weighted by molar-refractivity contribution is 7.83. The van der Waals surface area contributed by atoms with Crippen molar-refractivity contribution in [3.05, 3.63) is 0 Å². The van der Waals surface area contributed by atoms with Gasteiger partial charge in [0.15, 0.2) is 5.50 Å². The molecule has 60 valence electrons. The molecule has 0 spiro atoms. The van der Waals surface area contributed by atoms with Gasteiger partial charge in [-0.2, -0.15) is 0 Å². The second kappa shape index (κ2) is 3.46. The molecule has 0 aromatic heterocycles. The van der Waals surface area contributed by atoms with E-state index in [1.165, 1.54) is 4.90 Å². The maximum Gasteiger partial charge on any atom is 0.216 e. The quantitative estimate of drug-likeness (QED) is 0.367. The zero-order valence-electron chi connectivity index (χ0n) is 5.48. The standard InChI is InChI=1S/C5H6N2OS3/c8-2-7-4(10)1-3(9)6-5(7)11/h2,5,11H,1H2,(H,6,9). The Morgan fingerprint density at radius 1 is 1.73 bits per heavy atom. The van der Waals surface area contributed by atoms with Gasteiger partial charge in [0.25, 0.3) is 0 Å². The van der Waals surface area contributed by atoms with Crippen LogP contribution in [-0.4, -0.2) is 26.8 Å². The van der Waals surface area contributed by atoms with E-state index in [-0.39, 0.29) is 0 Å². The number of amides is 1. The number of carbonyl (C=O) groups excluding carboxylic acids is 1. The average Bonchev–Trinajstić information content (AvgIpc) is 1.85. The summed E-state index contributed by atoms with van der Waals surface area (Å²) in [6.45, 7) is 0. The van der Waals surface area contributed by atoms with Crippen LogP contribution in [0.15, 0.2) is 0 Å². The fraction of sp³-hybridized carbons (Fsp3) is 0.400. The van der Waals surface area contributed by atoms with Gasteiger partial charge in [0, 0.05) is 6.42 Å². The minimum absolute atomic E-state index is 0.402. The molecular formula is C5H6N2OS3. The van der Waals surface area contributed by atoms with Crippen molar-refractivity contribution in [2.75, 3.05) is 0 Å². The lowest BCUT2D eigenvalue weighted by molar-refractivity contribution is -0.115. The van der Waals surface area contributed by atoms with Gasteiger partial charge in [-0.3, -0.25) is 9.69 Å². The molecule has 1 saturated heterocycles. The molecule has 1 amide bonds. The van der Waals surface area contributed by atoms with Crippen molar-refractivity contribution in [2.24, 2.45) is 0 Å². The molecule has 0 bridgehead atoms. The van der Waals surface area contributed by atoms with Crippen molar-refractivity contribution >= 4 is 53.5 Å². The van der Waals surface area contributed by atoms with Crippen LogP contribution in [0.3, 0.4) is 0 Å². The largest absolute Gasteiger partial charge is 0.351 e. The van der Waals surface area contributed by atoms with Crippen LogP contribution >= 0.6 is 37.1 Å². The summed E-state index contributed by atoms with van der Waals surface area (Å²) in [5.74, 6) is 0. The molecule has 1 N–H and O–H groups in total. The van der Waals surface area contributed by atoms with E-state index in [0.29, 0.717) is 22.8 Å². The van der Waals surface area contributed by atoms with Crippen LogP contribution in [-0.2, 0) is 4.79 Å². The van der Waals surface area contributed by atoms with Crippen LogP contribution in [0.1, 0.15) is 6.42 Å². The van der Waals surface area contributed by atoms with Gasteiger partial charge in [0.2, 0.25) is 6.41 Å². The van der Waals surface area contributed by atoms with E-state index < -0.39 is 5.50 Å². The number of nitrogens with one attached hydrogen (secondary N) is 1. The van der Waals surface area contributed by atoms with Crippen LogP contribution in [0.5, 0.6) is 0 Å². The lowest BCUT2D eigenvalue weighted by Gasteiger charge is -2.31. The van der Waals surface area contributed by atoms with Crippen molar-refractivity contribution in [1.82, 2.24) is 10.2 Å². The Hall–Kier alpha value is -0.200. The van der Waals surface area contributed by atoms with Crippen LogP contribution in [0, 0.1) is 0 Å². The molecule has 1 atom stereocenters. The number of carbonyl (C=O) groups is 1. The van der Waals surface area contributed by atoms with Crippen molar-refractivity contribution in [1.29, 1.82) is 0 Å². The third-order valence-corrected chi connectivity index (χ3v) is 2.26. The topological polar surface area (TPSA) is 32.3 Å². The first-order valence-electron chi connectivity index (χ1n) is 2.89. The highest BCUT2D eigenvalue weighted by Gasteiger charge is 2.23. The Morgan fingerprint density at radius 2 is 2.36 bits per heavy atom. The van der Waals surface area contributed by atoms with E-state index in [1.807, 2.05) is 0 Å². The highest BCUT2D eigenvalue weighted by Crippen LogP contribution is 2.09. The molecule has 0 aromatic carbocycles. The van der Waals surface area contributed by atoms with Gasteiger partial charge in [0.1, 0.15) is 0 Å². The molecule has 3 nitrogen and oxygen atoms in total. The monoisotopic (exact) mass is 206 g/mol. The minimum Gasteiger partial charge on any atom is -0.351 e. The molecule has 0 radical (unpaired) electrons. The maximum atomic E-state index is 10.4. The summed E-state index contributed by atoms with van der Waals surface area (Å²) in [7, 11) is 0. The van der Waals surface area contributed by atoms with Crippen LogP contribution in [0.25, 0.3) is 0 Å². The lowest BCUT2D eigenvalue weighted by Crippen LogP contribution is -2.52. The van der Waals surface area contributed by atoms with Gasteiger partial charge in [-0.25, -0.2) is 0 Å². The summed E-state index contributed by atoms with van der Waals surface area (Å²) in [5.41, 5.74) is -0.402. The Morgan fingerprint density at radius 3 is 2.82 bits per heavy atom. The summed E-state index contributed by atoms with van der Waals surface area (Å²) >= 11 is 13.8. The van der Waals surface area contributed by atoms with Gasteiger partial charge in [-0.1, -0.05) is 24.4 Å².